The second-order valence-corrected chi connectivity index (χ2v) is 4.64. The fourth-order valence-electron chi connectivity index (χ4n) is 2.24. The minimum Gasteiger partial charge on any atom is -0.480 e. The Morgan fingerprint density at radius 3 is 2.43 bits per heavy atom. The van der Waals surface area contributed by atoms with E-state index < -0.39 is 30.5 Å². The largest absolute Gasteiger partial charge is 0.480 e. The highest BCUT2D eigenvalue weighted by molar-refractivity contribution is 6.16. The molecule has 0 aliphatic carbocycles. The molecule has 1 unspecified atom stereocenters. The van der Waals surface area contributed by atoms with E-state index >= 15 is 0 Å². The first-order valence-electron chi connectivity index (χ1n) is 5.87. The SMILES string of the molecule is CC(=O)c1ccc2c(c1)C(C(=O)O)C(=O)N2CC(F)(F)F. The molecule has 0 spiro atoms. The van der Waals surface area contributed by atoms with Gasteiger partial charge in [-0.1, -0.05) is 0 Å². The molecule has 0 radical (unpaired) electrons. The number of benzene rings is 1. The number of rotatable bonds is 3. The van der Waals surface area contributed by atoms with Crippen molar-refractivity contribution in [2.24, 2.45) is 0 Å². The first-order valence-corrected chi connectivity index (χ1v) is 5.87. The Hall–Kier alpha value is -2.38. The number of carbonyl (C=O) groups excluding carboxylic acids is 2. The van der Waals surface area contributed by atoms with Crippen LogP contribution in [-0.4, -0.2) is 35.5 Å². The molecule has 0 saturated heterocycles. The lowest BCUT2D eigenvalue weighted by molar-refractivity contribution is -0.144. The summed E-state index contributed by atoms with van der Waals surface area (Å²) in [6.07, 6.45) is -4.65. The number of anilines is 1. The number of hydrogen-bond donors (Lipinski definition) is 1. The van der Waals surface area contributed by atoms with Crippen LogP contribution in [0.25, 0.3) is 0 Å². The molecule has 0 saturated carbocycles. The smallest absolute Gasteiger partial charge is 0.406 e. The second-order valence-electron chi connectivity index (χ2n) is 4.64. The summed E-state index contributed by atoms with van der Waals surface area (Å²) in [6.45, 7) is -0.330. The molecule has 2 rings (SSSR count). The van der Waals surface area contributed by atoms with E-state index in [0.29, 0.717) is 4.90 Å². The van der Waals surface area contributed by atoms with Crippen molar-refractivity contribution in [3.8, 4) is 0 Å². The van der Waals surface area contributed by atoms with Crippen LogP contribution in [0.3, 0.4) is 0 Å². The molecule has 1 aliphatic rings. The summed E-state index contributed by atoms with van der Waals surface area (Å²) in [5.41, 5.74) is -0.0826. The minimum absolute atomic E-state index is 0.0931. The lowest BCUT2D eigenvalue weighted by atomic mass is 9.98. The maximum absolute atomic E-state index is 12.5. The zero-order valence-corrected chi connectivity index (χ0v) is 10.8. The lowest BCUT2D eigenvalue weighted by Gasteiger charge is -2.19. The number of carboxylic acid groups (broad SMARTS) is 1. The van der Waals surface area contributed by atoms with Gasteiger partial charge in [0, 0.05) is 16.8 Å². The number of carboxylic acids is 1. The van der Waals surface area contributed by atoms with Gasteiger partial charge >= 0.3 is 12.1 Å². The van der Waals surface area contributed by atoms with Gasteiger partial charge in [-0.05, 0) is 25.1 Å². The Morgan fingerprint density at radius 1 is 1.33 bits per heavy atom. The van der Waals surface area contributed by atoms with Crippen LogP contribution in [0.1, 0.15) is 28.8 Å². The van der Waals surface area contributed by atoms with Crippen LogP contribution in [0.15, 0.2) is 18.2 Å². The van der Waals surface area contributed by atoms with Crippen LogP contribution in [0.5, 0.6) is 0 Å². The van der Waals surface area contributed by atoms with Crippen molar-refractivity contribution in [2.45, 2.75) is 19.0 Å². The zero-order valence-electron chi connectivity index (χ0n) is 10.8. The Kier molecular flexibility index (Phi) is 3.48. The number of ketones is 1. The van der Waals surface area contributed by atoms with Gasteiger partial charge in [-0.15, -0.1) is 0 Å². The molecule has 112 valence electrons. The van der Waals surface area contributed by atoms with Gasteiger partial charge in [0.05, 0.1) is 0 Å². The summed E-state index contributed by atoms with van der Waals surface area (Å²) in [4.78, 5) is 34.8. The van der Waals surface area contributed by atoms with E-state index in [9.17, 15) is 27.6 Å². The molecule has 8 heteroatoms. The maximum Gasteiger partial charge on any atom is 0.406 e. The number of carbonyl (C=O) groups is 3. The number of Topliss-reactive ketones (excluding diaryl/α,β-unsaturated/α-hetero) is 1. The summed E-state index contributed by atoms with van der Waals surface area (Å²) in [7, 11) is 0. The third-order valence-corrected chi connectivity index (χ3v) is 3.13. The molecule has 0 bridgehead atoms. The molecule has 1 N–H and O–H groups in total. The highest BCUT2D eigenvalue weighted by Crippen LogP contribution is 2.39. The maximum atomic E-state index is 12.5. The second kappa shape index (κ2) is 4.87. The quantitative estimate of drug-likeness (QED) is 0.684. The van der Waals surface area contributed by atoms with Crippen LogP contribution >= 0.6 is 0 Å². The molecule has 1 heterocycles. The van der Waals surface area contributed by atoms with Crippen LogP contribution < -0.4 is 4.90 Å². The number of amides is 1. The predicted molar refractivity (Wildman–Crippen MR) is 65.2 cm³/mol. The van der Waals surface area contributed by atoms with Gasteiger partial charge in [-0.2, -0.15) is 13.2 Å². The Morgan fingerprint density at radius 2 is 1.95 bits per heavy atom. The van der Waals surface area contributed by atoms with Crippen LogP contribution in [0, 0.1) is 0 Å². The van der Waals surface area contributed by atoms with E-state index in [1.165, 1.54) is 19.1 Å². The van der Waals surface area contributed by atoms with E-state index in [1.807, 2.05) is 0 Å². The molecule has 1 aromatic rings. The van der Waals surface area contributed by atoms with Crippen molar-refractivity contribution in [3.05, 3.63) is 29.3 Å². The normalized spacial score (nSPS) is 17.8. The Balaban J connectivity index is 2.54. The van der Waals surface area contributed by atoms with Crippen molar-refractivity contribution in [1.82, 2.24) is 0 Å². The third kappa shape index (κ3) is 2.74. The Labute approximate surface area is 117 Å². The summed E-state index contributed by atoms with van der Waals surface area (Å²) >= 11 is 0. The van der Waals surface area contributed by atoms with Crippen LogP contribution in [0.2, 0.25) is 0 Å². The molecule has 1 aliphatic heterocycles. The molecule has 1 amide bonds. The number of aliphatic carboxylic acids is 1. The van der Waals surface area contributed by atoms with Gasteiger partial charge in [0.15, 0.2) is 11.7 Å². The standard InChI is InChI=1S/C13H10F3NO4/c1-6(18)7-2-3-9-8(4-7)10(12(20)21)11(19)17(9)5-13(14,15)16/h2-4,10H,5H2,1H3,(H,20,21). The van der Waals surface area contributed by atoms with E-state index in [1.54, 1.807) is 0 Å². The van der Waals surface area contributed by atoms with Crippen molar-refractivity contribution < 1.29 is 32.7 Å². The summed E-state index contributed by atoms with van der Waals surface area (Å²) in [6, 6.07) is 3.59. The van der Waals surface area contributed by atoms with Crippen molar-refractivity contribution in [3.63, 3.8) is 0 Å². The molecule has 5 nitrogen and oxygen atoms in total. The first-order chi connectivity index (χ1) is 9.61. The predicted octanol–water partition coefficient (Wildman–Crippen LogP) is 1.97. The first kappa shape index (κ1) is 15.0. The summed E-state index contributed by atoms with van der Waals surface area (Å²) in [5, 5.41) is 9.06. The van der Waals surface area contributed by atoms with Gasteiger partial charge in [0.2, 0.25) is 5.91 Å². The molecule has 1 aromatic carbocycles. The molecule has 1 atom stereocenters. The van der Waals surface area contributed by atoms with Crippen molar-refractivity contribution in [1.29, 1.82) is 0 Å². The Bertz CT molecular complexity index is 639. The number of alkyl halides is 3. The number of halogens is 3. The highest BCUT2D eigenvalue weighted by Gasteiger charge is 2.46. The fraction of sp³-hybridized carbons (Fsp3) is 0.308. The average Bonchev–Trinajstić information content (AvgIpc) is 2.59. The van der Waals surface area contributed by atoms with Gasteiger partial charge in [0.1, 0.15) is 6.54 Å². The van der Waals surface area contributed by atoms with Crippen molar-refractivity contribution >= 4 is 23.3 Å². The van der Waals surface area contributed by atoms with E-state index in [4.69, 9.17) is 5.11 Å². The molecule has 21 heavy (non-hydrogen) atoms. The van der Waals surface area contributed by atoms with Crippen LogP contribution in [-0.2, 0) is 9.59 Å². The van der Waals surface area contributed by atoms with Crippen LogP contribution in [0.4, 0.5) is 18.9 Å². The lowest BCUT2D eigenvalue weighted by Crippen LogP contribution is -2.38. The summed E-state index contributed by atoms with van der Waals surface area (Å²) in [5.74, 6) is -4.80. The topological polar surface area (TPSA) is 74.7 Å². The van der Waals surface area contributed by atoms with Gasteiger partial charge < -0.3 is 10.0 Å². The third-order valence-electron chi connectivity index (χ3n) is 3.13. The number of hydrogen-bond acceptors (Lipinski definition) is 3. The fourth-order valence-corrected chi connectivity index (χ4v) is 2.24. The monoisotopic (exact) mass is 301 g/mol. The van der Waals surface area contributed by atoms with E-state index in [0.717, 1.165) is 6.07 Å². The molecular weight excluding hydrogens is 291 g/mol. The van der Waals surface area contributed by atoms with E-state index in [2.05, 4.69) is 0 Å². The number of fused-ring (bicyclic) bond motifs is 1. The molecular formula is C13H10F3NO4. The highest BCUT2D eigenvalue weighted by atomic mass is 19.4. The zero-order chi connectivity index (χ0) is 15.9. The van der Waals surface area contributed by atoms with Gasteiger partial charge in [0.25, 0.3) is 0 Å². The molecule has 0 aromatic heterocycles. The molecule has 0 fully saturated rings. The van der Waals surface area contributed by atoms with Crippen molar-refractivity contribution in [2.75, 3.05) is 11.4 Å². The number of nitrogens with zero attached hydrogens (tertiary/aromatic N) is 1. The van der Waals surface area contributed by atoms with E-state index in [-0.39, 0.29) is 22.6 Å². The average molecular weight is 301 g/mol. The van der Waals surface area contributed by atoms with Gasteiger partial charge in [-0.25, -0.2) is 0 Å². The summed E-state index contributed by atoms with van der Waals surface area (Å²) < 4.78 is 37.5. The minimum atomic E-state index is -4.65. The van der Waals surface area contributed by atoms with Gasteiger partial charge in [-0.3, -0.25) is 14.4 Å².